The number of hydrogen-bond acceptors (Lipinski definition) is 3. The first-order valence-electron chi connectivity index (χ1n) is 6.16. The largest absolute Gasteiger partial charge is 0.496 e. The molecule has 0 saturated heterocycles. The molecule has 0 bridgehead atoms. The minimum Gasteiger partial charge on any atom is -0.496 e. The molecule has 0 atom stereocenters. The lowest BCUT2D eigenvalue weighted by atomic mass is 10.1. The zero-order valence-corrected chi connectivity index (χ0v) is 10.8. The van der Waals surface area contributed by atoms with Crippen molar-refractivity contribution in [3.63, 3.8) is 0 Å². The van der Waals surface area contributed by atoms with Crippen LogP contribution in [0.5, 0.6) is 5.75 Å². The fourth-order valence-electron chi connectivity index (χ4n) is 1.82. The highest BCUT2D eigenvalue weighted by Crippen LogP contribution is 2.18. The van der Waals surface area contributed by atoms with E-state index in [2.05, 4.69) is 15.3 Å². The van der Waals surface area contributed by atoms with Crippen molar-refractivity contribution in [2.45, 2.75) is 19.4 Å². The third-order valence-electron chi connectivity index (χ3n) is 2.82. The van der Waals surface area contributed by atoms with E-state index in [-0.39, 0.29) is 5.91 Å². The Kier molecular flexibility index (Phi) is 4.55. The van der Waals surface area contributed by atoms with Gasteiger partial charge in [0.25, 0.3) is 0 Å². The molecule has 1 heterocycles. The molecule has 0 unspecified atom stereocenters. The SMILES string of the molecule is COc1ccccc1CCC(=O)NCc1ncc[nH]1. The van der Waals surface area contributed by atoms with E-state index in [9.17, 15) is 4.79 Å². The molecule has 0 radical (unpaired) electrons. The Bertz CT molecular complexity index is 523. The summed E-state index contributed by atoms with van der Waals surface area (Å²) in [5.74, 6) is 1.58. The number of benzene rings is 1. The molecule has 1 amide bonds. The summed E-state index contributed by atoms with van der Waals surface area (Å²) in [5.41, 5.74) is 1.04. The Hall–Kier alpha value is -2.30. The van der Waals surface area contributed by atoms with E-state index in [1.807, 2.05) is 24.3 Å². The smallest absolute Gasteiger partial charge is 0.220 e. The van der Waals surface area contributed by atoms with E-state index in [0.29, 0.717) is 19.4 Å². The first-order valence-corrected chi connectivity index (χ1v) is 6.16. The van der Waals surface area contributed by atoms with Crippen molar-refractivity contribution in [2.75, 3.05) is 7.11 Å². The molecule has 2 aromatic rings. The standard InChI is InChI=1S/C14H17N3O2/c1-19-12-5-3-2-4-11(12)6-7-14(18)17-10-13-15-8-9-16-13/h2-5,8-9H,6-7,10H2,1H3,(H,15,16)(H,17,18). The van der Waals surface area contributed by atoms with Crippen LogP contribution in [0, 0.1) is 0 Å². The Labute approximate surface area is 112 Å². The molecule has 0 aliphatic heterocycles. The van der Waals surface area contributed by atoms with Crippen LogP contribution in [0.25, 0.3) is 0 Å². The van der Waals surface area contributed by atoms with Gasteiger partial charge in [-0.3, -0.25) is 4.79 Å². The van der Waals surface area contributed by atoms with Crippen molar-refractivity contribution >= 4 is 5.91 Å². The van der Waals surface area contributed by atoms with Gasteiger partial charge in [0, 0.05) is 18.8 Å². The average molecular weight is 259 g/mol. The lowest BCUT2D eigenvalue weighted by molar-refractivity contribution is -0.121. The van der Waals surface area contributed by atoms with Gasteiger partial charge in [-0.05, 0) is 18.1 Å². The average Bonchev–Trinajstić information content (AvgIpc) is 2.96. The summed E-state index contributed by atoms with van der Waals surface area (Å²) < 4.78 is 5.25. The minimum absolute atomic E-state index is 0.00214. The molecule has 1 aromatic heterocycles. The second-order valence-corrected chi connectivity index (χ2v) is 4.12. The highest BCUT2D eigenvalue weighted by Gasteiger charge is 2.06. The number of carbonyl (C=O) groups is 1. The molecule has 0 aliphatic carbocycles. The Morgan fingerprint density at radius 2 is 2.26 bits per heavy atom. The summed E-state index contributed by atoms with van der Waals surface area (Å²) in [6.45, 7) is 0.428. The van der Waals surface area contributed by atoms with Crippen molar-refractivity contribution < 1.29 is 9.53 Å². The number of aromatic nitrogens is 2. The molecular weight excluding hydrogens is 242 g/mol. The lowest BCUT2D eigenvalue weighted by Gasteiger charge is -2.08. The maximum Gasteiger partial charge on any atom is 0.220 e. The van der Waals surface area contributed by atoms with Crippen molar-refractivity contribution in [2.24, 2.45) is 0 Å². The number of amides is 1. The number of para-hydroxylation sites is 1. The van der Waals surface area contributed by atoms with E-state index in [1.54, 1.807) is 19.5 Å². The molecule has 2 rings (SSSR count). The Morgan fingerprint density at radius 1 is 1.42 bits per heavy atom. The number of imidazole rings is 1. The highest BCUT2D eigenvalue weighted by molar-refractivity contribution is 5.76. The second-order valence-electron chi connectivity index (χ2n) is 4.12. The third kappa shape index (κ3) is 3.84. The fourth-order valence-corrected chi connectivity index (χ4v) is 1.82. The summed E-state index contributed by atoms with van der Waals surface area (Å²) in [7, 11) is 1.63. The van der Waals surface area contributed by atoms with Gasteiger partial charge in [-0.15, -0.1) is 0 Å². The number of rotatable bonds is 6. The number of H-pyrrole nitrogens is 1. The molecular formula is C14H17N3O2. The van der Waals surface area contributed by atoms with Gasteiger partial charge in [0.15, 0.2) is 0 Å². The Morgan fingerprint density at radius 3 is 3.00 bits per heavy atom. The zero-order chi connectivity index (χ0) is 13.5. The number of nitrogens with one attached hydrogen (secondary N) is 2. The number of methoxy groups -OCH3 is 1. The molecule has 1 aromatic carbocycles. The molecule has 0 aliphatic rings. The van der Waals surface area contributed by atoms with Crippen molar-refractivity contribution in [1.29, 1.82) is 0 Å². The van der Waals surface area contributed by atoms with Crippen LogP contribution in [0.4, 0.5) is 0 Å². The van der Waals surface area contributed by atoms with Crippen LogP contribution in [0.3, 0.4) is 0 Å². The van der Waals surface area contributed by atoms with Gasteiger partial charge >= 0.3 is 0 Å². The maximum atomic E-state index is 11.7. The van der Waals surface area contributed by atoms with Crippen LogP contribution in [0.15, 0.2) is 36.7 Å². The molecule has 0 spiro atoms. The maximum absolute atomic E-state index is 11.7. The number of carbonyl (C=O) groups excluding carboxylic acids is 1. The predicted octanol–water partition coefficient (Wildman–Crippen LogP) is 1.67. The van der Waals surface area contributed by atoms with Crippen LogP contribution in [0.2, 0.25) is 0 Å². The Balaban J connectivity index is 1.80. The number of hydrogen-bond donors (Lipinski definition) is 2. The summed E-state index contributed by atoms with van der Waals surface area (Å²) in [4.78, 5) is 18.7. The molecule has 5 nitrogen and oxygen atoms in total. The van der Waals surface area contributed by atoms with Crippen LogP contribution < -0.4 is 10.1 Å². The summed E-state index contributed by atoms with van der Waals surface area (Å²) in [6, 6.07) is 7.73. The van der Waals surface area contributed by atoms with Gasteiger partial charge in [-0.1, -0.05) is 18.2 Å². The second kappa shape index (κ2) is 6.58. The van der Waals surface area contributed by atoms with E-state index >= 15 is 0 Å². The summed E-state index contributed by atoms with van der Waals surface area (Å²) >= 11 is 0. The van der Waals surface area contributed by atoms with E-state index in [4.69, 9.17) is 4.74 Å². The van der Waals surface area contributed by atoms with Gasteiger partial charge in [0.1, 0.15) is 11.6 Å². The van der Waals surface area contributed by atoms with Crippen molar-refractivity contribution in [3.05, 3.63) is 48.0 Å². The minimum atomic E-state index is 0.00214. The predicted molar refractivity (Wildman–Crippen MR) is 71.7 cm³/mol. The van der Waals surface area contributed by atoms with Crippen LogP contribution >= 0.6 is 0 Å². The third-order valence-corrected chi connectivity index (χ3v) is 2.82. The molecule has 5 heteroatoms. The quantitative estimate of drug-likeness (QED) is 0.829. The normalized spacial score (nSPS) is 10.2. The molecule has 19 heavy (non-hydrogen) atoms. The molecule has 100 valence electrons. The number of aromatic amines is 1. The van der Waals surface area contributed by atoms with Crippen LogP contribution in [-0.4, -0.2) is 23.0 Å². The van der Waals surface area contributed by atoms with Gasteiger partial charge in [-0.2, -0.15) is 0 Å². The summed E-state index contributed by atoms with van der Waals surface area (Å²) in [6.07, 6.45) is 4.49. The van der Waals surface area contributed by atoms with E-state index < -0.39 is 0 Å². The monoisotopic (exact) mass is 259 g/mol. The molecule has 0 saturated carbocycles. The van der Waals surface area contributed by atoms with Gasteiger partial charge in [-0.25, -0.2) is 4.98 Å². The zero-order valence-electron chi connectivity index (χ0n) is 10.8. The molecule has 0 fully saturated rings. The number of ether oxygens (including phenoxy) is 1. The molecule has 2 N–H and O–H groups in total. The fraction of sp³-hybridized carbons (Fsp3) is 0.286. The van der Waals surface area contributed by atoms with Crippen LogP contribution in [-0.2, 0) is 17.8 Å². The summed E-state index contributed by atoms with van der Waals surface area (Å²) in [5, 5.41) is 2.82. The van der Waals surface area contributed by atoms with E-state index in [1.165, 1.54) is 0 Å². The van der Waals surface area contributed by atoms with E-state index in [0.717, 1.165) is 17.1 Å². The lowest BCUT2D eigenvalue weighted by Crippen LogP contribution is -2.23. The van der Waals surface area contributed by atoms with Crippen molar-refractivity contribution in [1.82, 2.24) is 15.3 Å². The van der Waals surface area contributed by atoms with Gasteiger partial charge in [0.2, 0.25) is 5.91 Å². The van der Waals surface area contributed by atoms with Gasteiger partial charge < -0.3 is 15.0 Å². The first-order chi connectivity index (χ1) is 9.29. The van der Waals surface area contributed by atoms with Crippen LogP contribution in [0.1, 0.15) is 17.8 Å². The topological polar surface area (TPSA) is 67.0 Å². The van der Waals surface area contributed by atoms with Gasteiger partial charge in [0.05, 0.1) is 13.7 Å². The number of nitrogens with zero attached hydrogens (tertiary/aromatic N) is 1. The van der Waals surface area contributed by atoms with Crippen molar-refractivity contribution in [3.8, 4) is 5.75 Å². The number of aryl methyl sites for hydroxylation is 1. The highest BCUT2D eigenvalue weighted by atomic mass is 16.5. The first kappa shape index (κ1) is 13.1.